The highest BCUT2D eigenvalue weighted by Gasteiger charge is 2.03. The maximum Gasteiger partial charge on any atom is 0.269 e. The molecule has 0 fully saturated rings. The molecule has 2 aromatic carbocycles. The van der Waals surface area contributed by atoms with Gasteiger partial charge in [0.25, 0.3) is 5.69 Å². The number of hydrogen-bond acceptors (Lipinski definition) is 4. The Labute approximate surface area is 149 Å². The largest absolute Gasteiger partial charge is 0.348 e. The van der Waals surface area contributed by atoms with Crippen molar-refractivity contribution in [2.24, 2.45) is 0 Å². The zero-order valence-corrected chi connectivity index (χ0v) is 13.8. The van der Waals surface area contributed by atoms with E-state index in [-0.39, 0.29) is 11.6 Å². The summed E-state index contributed by atoms with van der Waals surface area (Å²) < 4.78 is 1.90. The highest BCUT2D eigenvalue weighted by molar-refractivity contribution is 5.91. The van der Waals surface area contributed by atoms with Gasteiger partial charge in [0, 0.05) is 42.8 Å². The average Bonchev–Trinajstić information content (AvgIpc) is 3.20. The smallest absolute Gasteiger partial charge is 0.269 e. The maximum absolute atomic E-state index is 11.9. The minimum Gasteiger partial charge on any atom is -0.348 e. The molecule has 0 radical (unpaired) electrons. The quantitative estimate of drug-likeness (QED) is 0.421. The molecule has 1 amide bonds. The number of benzene rings is 2. The molecule has 1 aromatic heterocycles. The van der Waals surface area contributed by atoms with Gasteiger partial charge in [-0.3, -0.25) is 14.9 Å². The van der Waals surface area contributed by atoms with Crippen LogP contribution < -0.4 is 5.32 Å². The Balaban J connectivity index is 1.52. The predicted octanol–water partition coefficient (Wildman–Crippen LogP) is 3.11. The van der Waals surface area contributed by atoms with Crippen LogP contribution in [0.2, 0.25) is 0 Å². The van der Waals surface area contributed by atoms with E-state index in [0.717, 1.165) is 16.8 Å². The summed E-state index contributed by atoms with van der Waals surface area (Å²) in [6.07, 6.45) is 8.31. The van der Waals surface area contributed by atoms with Gasteiger partial charge in [0.05, 0.1) is 11.3 Å². The summed E-state index contributed by atoms with van der Waals surface area (Å²) in [4.78, 5) is 26.0. The number of nitro groups is 1. The van der Waals surface area contributed by atoms with Gasteiger partial charge in [-0.05, 0) is 41.5 Å². The first-order valence-electron chi connectivity index (χ1n) is 7.89. The molecule has 3 aromatic rings. The SMILES string of the molecule is O=C(/C=C/c1ccc([N+](=O)[O-])cc1)NCc1ccc(-n2ccnc2)cc1. The standard InChI is InChI=1S/C19H16N4O3/c24-19(10-5-15-1-8-18(9-2-15)23(25)26)21-13-16-3-6-17(7-4-16)22-12-11-20-14-22/h1-12,14H,13H2,(H,21,24)/b10-5+. The van der Waals surface area contributed by atoms with Crippen LogP contribution in [0.1, 0.15) is 11.1 Å². The third-order valence-electron chi connectivity index (χ3n) is 3.74. The fourth-order valence-electron chi connectivity index (χ4n) is 2.32. The van der Waals surface area contributed by atoms with E-state index >= 15 is 0 Å². The molecule has 0 saturated carbocycles. The summed E-state index contributed by atoms with van der Waals surface area (Å²) in [5.74, 6) is -0.234. The molecule has 0 atom stereocenters. The lowest BCUT2D eigenvalue weighted by molar-refractivity contribution is -0.384. The van der Waals surface area contributed by atoms with Gasteiger partial charge in [-0.25, -0.2) is 4.98 Å². The van der Waals surface area contributed by atoms with Gasteiger partial charge < -0.3 is 9.88 Å². The van der Waals surface area contributed by atoms with Crippen LogP contribution in [0.25, 0.3) is 11.8 Å². The maximum atomic E-state index is 11.9. The summed E-state index contributed by atoms with van der Waals surface area (Å²) in [7, 11) is 0. The summed E-state index contributed by atoms with van der Waals surface area (Å²) in [5.41, 5.74) is 2.71. The molecular formula is C19H16N4O3. The number of hydrogen-bond donors (Lipinski definition) is 1. The van der Waals surface area contributed by atoms with Gasteiger partial charge in [0.2, 0.25) is 5.91 Å². The summed E-state index contributed by atoms with van der Waals surface area (Å²) in [6.45, 7) is 0.410. The zero-order valence-electron chi connectivity index (χ0n) is 13.8. The Morgan fingerprint density at radius 1 is 1.15 bits per heavy atom. The van der Waals surface area contributed by atoms with Crippen molar-refractivity contribution in [3.63, 3.8) is 0 Å². The molecule has 0 bridgehead atoms. The Morgan fingerprint density at radius 2 is 1.88 bits per heavy atom. The molecule has 3 rings (SSSR count). The van der Waals surface area contributed by atoms with E-state index in [0.29, 0.717) is 6.54 Å². The highest BCUT2D eigenvalue weighted by atomic mass is 16.6. The lowest BCUT2D eigenvalue weighted by Gasteiger charge is -2.05. The third-order valence-corrected chi connectivity index (χ3v) is 3.74. The van der Waals surface area contributed by atoms with Crippen LogP contribution in [0, 0.1) is 10.1 Å². The highest BCUT2D eigenvalue weighted by Crippen LogP contribution is 2.13. The lowest BCUT2D eigenvalue weighted by Crippen LogP contribution is -2.20. The molecule has 130 valence electrons. The normalized spacial score (nSPS) is 10.8. The number of imidazole rings is 1. The summed E-state index contributed by atoms with van der Waals surface area (Å²) in [5, 5.41) is 13.4. The number of nitrogens with one attached hydrogen (secondary N) is 1. The lowest BCUT2D eigenvalue weighted by atomic mass is 10.2. The molecule has 0 aliphatic heterocycles. The minimum absolute atomic E-state index is 0.0192. The van der Waals surface area contributed by atoms with Crippen LogP contribution in [0.3, 0.4) is 0 Å². The van der Waals surface area contributed by atoms with Crippen LogP contribution in [0.4, 0.5) is 5.69 Å². The number of non-ortho nitro benzene ring substituents is 1. The third kappa shape index (κ3) is 4.41. The molecular weight excluding hydrogens is 332 g/mol. The van der Waals surface area contributed by atoms with E-state index in [1.807, 2.05) is 35.0 Å². The van der Waals surface area contributed by atoms with Crippen molar-refractivity contribution in [1.82, 2.24) is 14.9 Å². The van der Waals surface area contributed by atoms with Crippen molar-refractivity contribution >= 4 is 17.7 Å². The van der Waals surface area contributed by atoms with Crippen LogP contribution >= 0.6 is 0 Å². The van der Waals surface area contributed by atoms with E-state index in [4.69, 9.17) is 0 Å². The fourth-order valence-corrected chi connectivity index (χ4v) is 2.32. The molecule has 7 nitrogen and oxygen atoms in total. The molecule has 26 heavy (non-hydrogen) atoms. The second-order valence-electron chi connectivity index (χ2n) is 5.54. The van der Waals surface area contributed by atoms with Gasteiger partial charge in [-0.2, -0.15) is 0 Å². The van der Waals surface area contributed by atoms with E-state index in [9.17, 15) is 14.9 Å². The predicted molar refractivity (Wildman–Crippen MR) is 97.5 cm³/mol. The zero-order chi connectivity index (χ0) is 18.4. The Morgan fingerprint density at radius 3 is 2.50 bits per heavy atom. The number of rotatable bonds is 6. The molecule has 0 unspecified atom stereocenters. The van der Waals surface area contributed by atoms with E-state index < -0.39 is 4.92 Å². The van der Waals surface area contributed by atoms with E-state index in [1.165, 1.54) is 18.2 Å². The van der Waals surface area contributed by atoms with Crippen molar-refractivity contribution in [3.05, 3.63) is 94.6 Å². The van der Waals surface area contributed by atoms with E-state index in [2.05, 4.69) is 10.3 Å². The van der Waals surface area contributed by atoms with Gasteiger partial charge in [-0.15, -0.1) is 0 Å². The van der Waals surface area contributed by atoms with Crippen LogP contribution in [0.15, 0.2) is 73.3 Å². The Kier molecular flexibility index (Phi) is 5.19. The topological polar surface area (TPSA) is 90.1 Å². The first-order valence-corrected chi connectivity index (χ1v) is 7.89. The Hall–Kier alpha value is -3.74. The van der Waals surface area contributed by atoms with Crippen LogP contribution in [-0.4, -0.2) is 20.4 Å². The van der Waals surface area contributed by atoms with Crippen molar-refractivity contribution in [3.8, 4) is 5.69 Å². The van der Waals surface area contributed by atoms with Crippen molar-refractivity contribution in [1.29, 1.82) is 0 Å². The number of nitrogens with zero attached hydrogens (tertiary/aromatic N) is 3. The molecule has 0 spiro atoms. The second-order valence-corrected chi connectivity index (χ2v) is 5.54. The minimum atomic E-state index is -0.460. The molecule has 1 heterocycles. The first kappa shape index (κ1) is 17.1. The number of carbonyl (C=O) groups is 1. The molecule has 1 N–H and O–H groups in total. The van der Waals surface area contributed by atoms with Crippen molar-refractivity contribution in [2.45, 2.75) is 6.54 Å². The van der Waals surface area contributed by atoms with Gasteiger partial charge in [0.15, 0.2) is 0 Å². The molecule has 0 aliphatic rings. The van der Waals surface area contributed by atoms with Crippen molar-refractivity contribution < 1.29 is 9.72 Å². The number of aromatic nitrogens is 2. The summed E-state index contributed by atoms with van der Waals surface area (Å²) in [6, 6.07) is 13.8. The van der Waals surface area contributed by atoms with Crippen LogP contribution in [0.5, 0.6) is 0 Å². The van der Waals surface area contributed by atoms with E-state index in [1.54, 1.807) is 30.7 Å². The fraction of sp³-hybridized carbons (Fsp3) is 0.0526. The molecule has 0 saturated heterocycles. The summed E-state index contributed by atoms with van der Waals surface area (Å²) >= 11 is 0. The number of nitro benzene ring substituents is 1. The van der Waals surface area contributed by atoms with Crippen LogP contribution in [-0.2, 0) is 11.3 Å². The number of carbonyl (C=O) groups excluding carboxylic acids is 1. The Bertz CT molecular complexity index is 914. The molecule has 7 heteroatoms. The van der Waals surface area contributed by atoms with Gasteiger partial charge >= 0.3 is 0 Å². The first-order chi connectivity index (χ1) is 12.6. The van der Waals surface area contributed by atoms with Crippen molar-refractivity contribution in [2.75, 3.05) is 0 Å². The van der Waals surface area contributed by atoms with Gasteiger partial charge in [-0.1, -0.05) is 12.1 Å². The molecule has 0 aliphatic carbocycles. The van der Waals surface area contributed by atoms with Gasteiger partial charge in [0.1, 0.15) is 0 Å². The second kappa shape index (κ2) is 7.89. The number of amides is 1. The average molecular weight is 348 g/mol. The monoisotopic (exact) mass is 348 g/mol.